The number of amides is 2. The van der Waals surface area contributed by atoms with Crippen LogP contribution in [0, 0.1) is 11.8 Å². The molecule has 0 bridgehead atoms. The van der Waals surface area contributed by atoms with Crippen LogP contribution in [0.2, 0.25) is 0 Å². The predicted octanol–water partition coefficient (Wildman–Crippen LogP) is 3.29. The SMILES string of the molecule is COCCC(=O)NCC1C=C(c2ccc(N=C(N)C3=C(NCC4CC4)CCN(C(C)=O)C3)cc2)C=CC1. The maximum absolute atomic E-state index is 12.0. The predicted molar refractivity (Wildman–Crippen MR) is 147 cm³/mol. The van der Waals surface area contributed by atoms with E-state index in [4.69, 9.17) is 15.5 Å². The van der Waals surface area contributed by atoms with Gasteiger partial charge >= 0.3 is 0 Å². The van der Waals surface area contributed by atoms with Gasteiger partial charge in [0.15, 0.2) is 0 Å². The van der Waals surface area contributed by atoms with Crippen LogP contribution < -0.4 is 16.4 Å². The molecule has 1 unspecified atom stereocenters. The molecule has 0 saturated heterocycles. The number of carbonyl (C=O) groups is 2. The molecule has 1 fully saturated rings. The third-order valence-electron chi connectivity index (χ3n) is 7.10. The molecule has 1 heterocycles. The molecule has 0 aromatic heterocycles. The van der Waals surface area contributed by atoms with E-state index in [9.17, 15) is 9.59 Å². The van der Waals surface area contributed by atoms with Gasteiger partial charge in [0.25, 0.3) is 0 Å². The van der Waals surface area contributed by atoms with Gasteiger partial charge in [0.2, 0.25) is 11.8 Å². The van der Waals surface area contributed by atoms with Crippen molar-refractivity contribution >= 4 is 28.9 Å². The van der Waals surface area contributed by atoms with Crippen LogP contribution in [0.25, 0.3) is 5.57 Å². The molecule has 1 aromatic carbocycles. The summed E-state index contributed by atoms with van der Waals surface area (Å²) in [6.45, 7) is 4.78. The highest BCUT2D eigenvalue weighted by Gasteiger charge is 2.26. The van der Waals surface area contributed by atoms with Gasteiger partial charge in [-0.05, 0) is 54.4 Å². The minimum Gasteiger partial charge on any atom is -0.388 e. The van der Waals surface area contributed by atoms with E-state index in [1.807, 2.05) is 29.2 Å². The van der Waals surface area contributed by atoms with Gasteiger partial charge in [-0.1, -0.05) is 30.4 Å². The Kier molecular flexibility index (Phi) is 9.17. The molecular formula is C29H39N5O3. The van der Waals surface area contributed by atoms with Gasteiger partial charge in [-0.3, -0.25) is 9.59 Å². The highest BCUT2D eigenvalue weighted by molar-refractivity contribution is 6.00. The number of aliphatic imine (C=N–C) groups is 1. The third-order valence-corrected chi connectivity index (χ3v) is 7.10. The molecule has 2 amide bonds. The molecule has 1 atom stereocenters. The average molecular weight is 506 g/mol. The first-order valence-corrected chi connectivity index (χ1v) is 13.2. The molecule has 0 spiro atoms. The second-order valence-electron chi connectivity index (χ2n) is 10.1. The molecule has 3 aliphatic rings. The van der Waals surface area contributed by atoms with Crippen LogP contribution in [0.3, 0.4) is 0 Å². The Labute approximate surface area is 219 Å². The largest absolute Gasteiger partial charge is 0.388 e. The molecule has 0 radical (unpaired) electrons. The van der Waals surface area contributed by atoms with E-state index >= 15 is 0 Å². The van der Waals surface area contributed by atoms with Crippen LogP contribution in [0.4, 0.5) is 5.69 Å². The fourth-order valence-corrected chi connectivity index (χ4v) is 4.60. The Balaban J connectivity index is 1.43. The summed E-state index contributed by atoms with van der Waals surface area (Å²) in [7, 11) is 1.60. The van der Waals surface area contributed by atoms with E-state index in [1.165, 1.54) is 12.8 Å². The average Bonchev–Trinajstić information content (AvgIpc) is 3.74. The lowest BCUT2D eigenvalue weighted by Crippen LogP contribution is -2.41. The molecule has 37 heavy (non-hydrogen) atoms. The van der Waals surface area contributed by atoms with Gasteiger partial charge in [-0.15, -0.1) is 0 Å². The fraction of sp³-hybridized carbons (Fsp3) is 0.483. The van der Waals surface area contributed by atoms with E-state index < -0.39 is 0 Å². The van der Waals surface area contributed by atoms with Crippen LogP contribution in [-0.4, -0.2) is 62.4 Å². The molecular weight excluding hydrogens is 466 g/mol. The first-order valence-electron chi connectivity index (χ1n) is 13.2. The van der Waals surface area contributed by atoms with Crippen molar-refractivity contribution in [2.45, 2.75) is 39.0 Å². The van der Waals surface area contributed by atoms with E-state index in [-0.39, 0.29) is 17.7 Å². The van der Waals surface area contributed by atoms with Crippen molar-refractivity contribution in [2.24, 2.45) is 22.6 Å². The number of methoxy groups -OCH3 is 1. The van der Waals surface area contributed by atoms with Crippen LogP contribution in [0.15, 0.2) is 58.8 Å². The van der Waals surface area contributed by atoms with Crippen LogP contribution in [0.1, 0.15) is 44.6 Å². The van der Waals surface area contributed by atoms with E-state index in [2.05, 4.69) is 28.9 Å². The Bertz CT molecular complexity index is 1100. The van der Waals surface area contributed by atoms with E-state index in [0.29, 0.717) is 38.5 Å². The molecule has 8 heteroatoms. The van der Waals surface area contributed by atoms with Crippen molar-refractivity contribution < 1.29 is 14.3 Å². The number of ether oxygens (including phenoxy) is 1. The molecule has 1 aliphatic heterocycles. The summed E-state index contributed by atoms with van der Waals surface area (Å²) in [5.74, 6) is 1.52. The molecule has 1 saturated carbocycles. The Hall–Kier alpha value is -3.39. The number of benzene rings is 1. The van der Waals surface area contributed by atoms with Gasteiger partial charge in [0.1, 0.15) is 5.84 Å². The highest BCUT2D eigenvalue weighted by atomic mass is 16.5. The van der Waals surface area contributed by atoms with Crippen LogP contribution in [0.5, 0.6) is 0 Å². The third kappa shape index (κ3) is 7.79. The van der Waals surface area contributed by atoms with Crippen LogP contribution in [-0.2, 0) is 14.3 Å². The molecule has 4 N–H and O–H groups in total. The highest BCUT2D eigenvalue weighted by Crippen LogP contribution is 2.29. The number of hydrogen-bond acceptors (Lipinski definition) is 5. The number of allylic oxidation sites excluding steroid dienone is 3. The lowest BCUT2D eigenvalue weighted by Gasteiger charge is -2.30. The minimum absolute atomic E-state index is 0.0107. The monoisotopic (exact) mass is 505 g/mol. The number of nitrogens with zero attached hydrogens (tertiary/aromatic N) is 2. The zero-order valence-corrected chi connectivity index (χ0v) is 22.0. The van der Waals surface area contributed by atoms with Gasteiger partial charge < -0.3 is 26.0 Å². The quantitative estimate of drug-likeness (QED) is 0.316. The van der Waals surface area contributed by atoms with Crippen LogP contribution >= 0.6 is 0 Å². The zero-order chi connectivity index (χ0) is 26.2. The Morgan fingerprint density at radius 3 is 2.68 bits per heavy atom. The van der Waals surface area contributed by atoms with Gasteiger partial charge in [0, 0.05) is 57.8 Å². The van der Waals surface area contributed by atoms with Crippen molar-refractivity contribution in [3.05, 3.63) is 59.3 Å². The molecule has 1 aromatic rings. The van der Waals surface area contributed by atoms with Crippen molar-refractivity contribution in [3.63, 3.8) is 0 Å². The maximum Gasteiger partial charge on any atom is 0.222 e. The summed E-state index contributed by atoms with van der Waals surface area (Å²) < 4.78 is 4.97. The molecule has 8 nitrogen and oxygen atoms in total. The van der Waals surface area contributed by atoms with Crippen molar-refractivity contribution in [3.8, 4) is 0 Å². The van der Waals surface area contributed by atoms with Gasteiger partial charge in [0.05, 0.1) is 18.8 Å². The maximum atomic E-state index is 12.0. The van der Waals surface area contributed by atoms with Gasteiger partial charge in [-0.25, -0.2) is 4.99 Å². The number of rotatable bonds is 11. The molecule has 2 aliphatic carbocycles. The van der Waals surface area contributed by atoms with Crippen molar-refractivity contribution in [1.82, 2.24) is 15.5 Å². The first kappa shape index (κ1) is 26.7. The van der Waals surface area contributed by atoms with Gasteiger partial charge in [-0.2, -0.15) is 0 Å². The summed E-state index contributed by atoms with van der Waals surface area (Å²) in [5.41, 5.74) is 11.5. The normalized spacial score (nSPS) is 20.1. The zero-order valence-electron chi connectivity index (χ0n) is 22.0. The number of amidine groups is 1. The fourth-order valence-electron chi connectivity index (χ4n) is 4.60. The summed E-state index contributed by atoms with van der Waals surface area (Å²) in [5, 5.41) is 6.57. The number of nitrogens with two attached hydrogens (primary N) is 1. The molecule has 198 valence electrons. The topological polar surface area (TPSA) is 109 Å². The van der Waals surface area contributed by atoms with Crippen molar-refractivity contribution in [1.29, 1.82) is 0 Å². The lowest BCUT2D eigenvalue weighted by atomic mass is 9.92. The van der Waals surface area contributed by atoms with Crippen molar-refractivity contribution in [2.75, 3.05) is 39.9 Å². The smallest absolute Gasteiger partial charge is 0.222 e. The van der Waals surface area contributed by atoms with E-state index in [0.717, 1.165) is 53.4 Å². The number of carbonyl (C=O) groups excluding carboxylic acids is 2. The minimum atomic E-state index is 0.0107. The lowest BCUT2D eigenvalue weighted by molar-refractivity contribution is -0.128. The standard InChI is InChI=1S/C29H39N5O3/c1-20(35)34-14-12-27(31-17-21-6-7-21)26(19-34)29(30)33-25-10-8-23(9-11-25)24-5-3-4-22(16-24)18-32-28(36)13-15-37-2/h3,5,8-11,16,21-22,31H,4,6-7,12-15,17-19H2,1-2H3,(H2,30,33)(H,32,36). The first-order chi connectivity index (χ1) is 17.9. The van der Waals surface area contributed by atoms with E-state index in [1.54, 1.807) is 14.0 Å². The summed E-state index contributed by atoms with van der Waals surface area (Å²) in [6.07, 6.45) is 11.1. The second-order valence-corrected chi connectivity index (χ2v) is 10.1. The summed E-state index contributed by atoms with van der Waals surface area (Å²) >= 11 is 0. The number of nitrogens with one attached hydrogen (secondary N) is 2. The second kappa shape index (κ2) is 12.7. The summed E-state index contributed by atoms with van der Waals surface area (Å²) in [6, 6.07) is 8.03. The Morgan fingerprint density at radius 1 is 1.19 bits per heavy atom. The molecule has 4 rings (SSSR count). The summed E-state index contributed by atoms with van der Waals surface area (Å²) in [4.78, 5) is 30.4. The number of hydrogen-bond donors (Lipinski definition) is 3. The Morgan fingerprint density at radius 2 is 1.97 bits per heavy atom.